The molecule has 6 nitrogen and oxygen atoms in total. The number of unbranched alkanes of at least 4 members (excludes halogenated alkanes) is 1. The molecule has 0 atom stereocenters. The molecule has 0 unspecified atom stereocenters. The van der Waals surface area contributed by atoms with Crippen LogP contribution in [-0.2, 0) is 10.0 Å². The second-order valence-electron chi connectivity index (χ2n) is 6.35. The number of rotatable bonds is 5. The van der Waals surface area contributed by atoms with Crippen molar-refractivity contribution < 1.29 is 13.2 Å². The van der Waals surface area contributed by atoms with E-state index in [-0.39, 0.29) is 26.2 Å². The molecule has 0 radical (unpaired) electrons. The van der Waals surface area contributed by atoms with Crippen molar-refractivity contribution >= 4 is 56.3 Å². The fraction of sp³-hybridized carbons (Fsp3) is 0.263. The normalized spacial score (nSPS) is 15.0. The van der Waals surface area contributed by atoms with Crippen molar-refractivity contribution in [3.63, 3.8) is 0 Å². The minimum atomic E-state index is -3.88. The van der Waals surface area contributed by atoms with Crippen LogP contribution in [0.25, 0.3) is 0 Å². The Morgan fingerprint density at radius 1 is 1.18 bits per heavy atom. The lowest BCUT2D eigenvalue weighted by molar-refractivity contribution is 0.102. The number of hydrogen-bond acceptors (Lipinski definition) is 4. The van der Waals surface area contributed by atoms with E-state index in [4.69, 9.17) is 23.2 Å². The van der Waals surface area contributed by atoms with E-state index in [0.29, 0.717) is 18.1 Å². The van der Waals surface area contributed by atoms with E-state index in [1.54, 1.807) is 37.3 Å². The Kier molecular flexibility index (Phi) is 5.98. The fourth-order valence-corrected chi connectivity index (χ4v) is 4.69. The molecular formula is C19H19Cl2N3O3S. The number of halogens is 2. The fourth-order valence-electron chi connectivity index (χ4n) is 2.93. The number of nitrogens with one attached hydrogen (secondary N) is 1. The van der Waals surface area contributed by atoms with Crippen LogP contribution >= 0.6 is 23.2 Å². The van der Waals surface area contributed by atoms with E-state index >= 15 is 0 Å². The van der Waals surface area contributed by atoms with Gasteiger partial charge < -0.3 is 10.2 Å². The number of para-hydroxylation sites is 1. The van der Waals surface area contributed by atoms with Crippen LogP contribution in [0.3, 0.4) is 0 Å². The summed E-state index contributed by atoms with van der Waals surface area (Å²) in [6, 6.07) is 9.40. The first-order chi connectivity index (χ1) is 13.2. The van der Waals surface area contributed by atoms with Gasteiger partial charge in [-0.15, -0.1) is 4.40 Å². The standard InChI is InChI=1S/C19H19Cl2N3O3S/c1-3-4-10-24-12(2)23-28(26,27)17-11-13(8-9-16(17)24)19(25)22-18-14(20)6-5-7-15(18)21/h5-9,11H,3-4,10H2,1-2H3,(H,22,25). The summed E-state index contributed by atoms with van der Waals surface area (Å²) in [6.07, 6.45) is 1.85. The Hall–Kier alpha value is -2.09. The van der Waals surface area contributed by atoms with Gasteiger partial charge in [-0.1, -0.05) is 42.6 Å². The molecule has 1 heterocycles. The number of hydrogen-bond donors (Lipinski definition) is 1. The second kappa shape index (κ2) is 8.11. The highest BCUT2D eigenvalue weighted by Crippen LogP contribution is 2.34. The van der Waals surface area contributed by atoms with Crippen molar-refractivity contribution in [3.05, 3.63) is 52.0 Å². The summed E-state index contributed by atoms with van der Waals surface area (Å²) in [4.78, 5) is 14.5. The van der Waals surface area contributed by atoms with E-state index < -0.39 is 15.9 Å². The molecule has 0 saturated carbocycles. The summed E-state index contributed by atoms with van der Waals surface area (Å²) in [5.41, 5.74) is 0.964. The minimum Gasteiger partial charge on any atom is -0.328 e. The molecule has 2 aromatic carbocycles. The van der Waals surface area contributed by atoms with Gasteiger partial charge in [0.25, 0.3) is 15.9 Å². The Morgan fingerprint density at radius 3 is 2.50 bits per heavy atom. The summed E-state index contributed by atoms with van der Waals surface area (Å²) in [5, 5.41) is 3.21. The SMILES string of the molecule is CCCCN1C(C)=NS(=O)(=O)c2cc(C(=O)Nc3c(Cl)cccc3Cl)ccc21. The predicted octanol–water partition coefficient (Wildman–Crippen LogP) is 4.97. The van der Waals surface area contributed by atoms with Crippen molar-refractivity contribution in [1.29, 1.82) is 0 Å². The zero-order valence-corrected chi connectivity index (χ0v) is 17.7. The first-order valence-corrected chi connectivity index (χ1v) is 10.9. The number of carbonyl (C=O) groups excluding carboxylic acids is 1. The summed E-state index contributed by atoms with van der Waals surface area (Å²) in [7, 11) is -3.88. The average molecular weight is 440 g/mol. The minimum absolute atomic E-state index is 0.00658. The molecule has 3 rings (SSSR count). The third kappa shape index (κ3) is 4.01. The molecule has 9 heteroatoms. The zero-order valence-electron chi connectivity index (χ0n) is 15.4. The van der Waals surface area contributed by atoms with Gasteiger partial charge in [0.05, 0.1) is 21.4 Å². The Bertz CT molecular complexity index is 1050. The predicted molar refractivity (Wildman–Crippen MR) is 113 cm³/mol. The molecule has 0 aromatic heterocycles. The molecule has 28 heavy (non-hydrogen) atoms. The molecule has 148 valence electrons. The Morgan fingerprint density at radius 2 is 1.86 bits per heavy atom. The van der Waals surface area contributed by atoms with Crippen LogP contribution < -0.4 is 10.2 Å². The van der Waals surface area contributed by atoms with Gasteiger partial charge in [0.15, 0.2) is 0 Å². The first-order valence-electron chi connectivity index (χ1n) is 8.73. The maximum absolute atomic E-state index is 12.7. The first kappa shape index (κ1) is 20.6. The summed E-state index contributed by atoms with van der Waals surface area (Å²) >= 11 is 12.2. The summed E-state index contributed by atoms with van der Waals surface area (Å²) in [6.45, 7) is 4.37. The van der Waals surface area contributed by atoms with Crippen LogP contribution in [0.1, 0.15) is 37.0 Å². The lowest BCUT2D eigenvalue weighted by atomic mass is 10.1. The molecule has 0 fully saturated rings. The van der Waals surface area contributed by atoms with Crippen molar-refractivity contribution in [1.82, 2.24) is 0 Å². The largest absolute Gasteiger partial charge is 0.328 e. The highest BCUT2D eigenvalue weighted by atomic mass is 35.5. The second-order valence-corrected chi connectivity index (χ2v) is 8.74. The van der Waals surface area contributed by atoms with E-state index in [1.807, 2.05) is 4.90 Å². The van der Waals surface area contributed by atoms with Crippen LogP contribution in [0.15, 0.2) is 45.7 Å². The number of carbonyl (C=O) groups is 1. The molecule has 2 aromatic rings. The van der Waals surface area contributed by atoms with E-state index in [1.165, 1.54) is 6.07 Å². The van der Waals surface area contributed by atoms with Crippen LogP contribution in [0.4, 0.5) is 11.4 Å². The van der Waals surface area contributed by atoms with Gasteiger partial charge in [0, 0.05) is 12.1 Å². The van der Waals surface area contributed by atoms with Gasteiger partial charge in [-0.2, -0.15) is 8.42 Å². The smallest absolute Gasteiger partial charge is 0.286 e. The quantitative estimate of drug-likeness (QED) is 0.712. The van der Waals surface area contributed by atoms with Gasteiger partial charge >= 0.3 is 0 Å². The number of amides is 1. The summed E-state index contributed by atoms with van der Waals surface area (Å²) in [5.74, 6) is -0.0969. The van der Waals surface area contributed by atoms with Gasteiger partial charge in [0.1, 0.15) is 10.7 Å². The number of benzene rings is 2. The Labute approximate surface area is 174 Å². The maximum atomic E-state index is 12.7. The van der Waals surface area contributed by atoms with E-state index in [9.17, 15) is 13.2 Å². The number of anilines is 2. The van der Waals surface area contributed by atoms with Crippen LogP contribution in [0.5, 0.6) is 0 Å². The highest BCUT2D eigenvalue weighted by Gasteiger charge is 2.29. The third-order valence-corrected chi connectivity index (χ3v) is 6.39. The lowest BCUT2D eigenvalue weighted by Crippen LogP contribution is -2.34. The molecule has 1 N–H and O–H groups in total. The lowest BCUT2D eigenvalue weighted by Gasteiger charge is -2.29. The van der Waals surface area contributed by atoms with E-state index in [2.05, 4.69) is 16.6 Å². The molecule has 1 amide bonds. The van der Waals surface area contributed by atoms with E-state index in [0.717, 1.165) is 12.8 Å². The molecule has 0 aliphatic carbocycles. The molecule has 0 bridgehead atoms. The van der Waals surface area contributed by atoms with Crippen molar-refractivity contribution in [2.24, 2.45) is 4.40 Å². The number of sulfonamides is 1. The van der Waals surface area contributed by atoms with Crippen molar-refractivity contribution in [3.8, 4) is 0 Å². The topological polar surface area (TPSA) is 78.8 Å². The van der Waals surface area contributed by atoms with Crippen LogP contribution in [0.2, 0.25) is 10.0 Å². The van der Waals surface area contributed by atoms with Crippen molar-refractivity contribution in [2.75, 3.05) is 16.8 Å². The molecule has 1 aliphatic heterocycles. The zero-order chi connectivity index (χ0) is 20.5. The van der Waals surface area contributed by atoms with Crippen molar-refractivity contribution in [2.45, 2.75) is 31.6 Å². The molecule has 0 saturated heterocycles. The highest BCUT2D eigenvalue weighted by molar-refractivity contribution is 7.90. The number of fused-ring (bicyclic) bond motifs is 1. The Balaban J connectivity index is 1.98. The molecule has 1 aliphatic rings. The maximum Gasteiger partial charge on any atom is 0.286 e. The number of nitrogens with zero attached hydrogens (tertiary/aromatic N) is 2. The number of amidine groups is 1. The third-order valence-electron chi connectivity index (χ3n) is 4.37. The average Bonchev–Trinajstić information content (AvgIpc) is 2.64. The monoisotopic (exact) mass is 439 g/mol. The molecular weight excluding hydrogens is 421 g/mol. The van der Waals surface area contributed by atoms with Gasteiger partial charge in [-0.25, -0.2) is 0 Å². The van der Waals surface area contributed by atoms with Crippen LogP contribution in [0, 0.1) is 0 Å². The molecule has 0 spiro atoms. The van der Waals surface area contributed by atoms with Gasteiger partial charge in [-0.05, 0) is 43.7 Å². The van der Waals surface area contributed by atoms with Crippen LogP contribution in [-0.4, -0.2) is 26.7 Å². The van der Waals surface area contributed by atoms with Gasteiger partial charge in [0.2, 0.25) is 0 Å². The summed E-state index contributed by atoms with van der Waals surface area (Å²) < 4.78 is 29.0. The van der Waals surface area contributed by atoms with Gasteiger partial charge in [-0.3, -0.25) is 4.79 Å².